The van der Waals surface area contributed by atoms with Gasteiger partial charge in [-0.25, -0.2) is 5.43 Å². The van der Waals surface area contributed by atoms with Gasteiger partial charge in [-0.2, -0.15) is 5.10 Å². The third kappa shape index (κ3) is 4.23. The molecule has 2 N–H and O–H groups in total. The number of carbonyl (C=O) groups is 1. The van der Waals surface area contributed by atoms with Gasteiger partial charge < -0.3 is 14.6 Å². The Labute approximate surface area is 134 Å². The highest BCUT2D eigenvalue weighted by atomic mass is 16.5. The topological polar surface area (TPSA) is 80.2 Å². The molecule has 0 spiro atoms. The molecule has 0 aromatic heterocycles. The van der Waals surface area contributed by atoms with Crippen molar-refractivity contribution in [2.45, 2.75) is 6.92 Å². The van der Waals surface area contributed by atoms with Crippen LogP contribution in [0.2, 0.25) is 0 Å². The Morgan fingerprint density at radius 2 is 2.04 bits per heavy atom. The van der Waals surface area contributed by atoms with Gasteiger partial charge in [-0.3, -0.25) is 4.79 Å². The predicted octanol–water partition coefficient (Wildman–Crippen LogP) is 2.56. The number of nitrogens with one attached hydrogen (secondary N) is 1. The van der Waals surface area contributed by atoms with Crippen molar-refractivity contribution in [3.05, 3.63) is 53.6 Å². The van der Waals surface area contributed by atoms with Crippen molar-refractivity contribution in [3.8, 4) is 17.2 Å². The first-order valence-electron chi connectivity index (χ1n) is 7.08. The van der Waals surface area contributed by atoms with Crippen LogP contribution in [0.25, 0.3) is 0 Å². The fourth-order valence-corrected chi connectivity index (χ4v) is 1.92. The number of para-hydroxylation sites is 1. The molecule has 0 saturated carbocycles. The average Bonchev–Trinajstić information content (AvgIpc) is 2.57. The first kappa shape index (κ1) is 16.4. The molecular weight excluding hydrogens is 296 g/mol. The number of hydrogen-bond donors (Lipinski definition) is 2. The van der Waals surface area contributed by atoms with Crippen molar-refractivity contribution in [2.24, 2.45) is 5.10 Å². The van der Waals surface area contributed by atoms with Gasteiger partial charge in [-0.05, 0) is 37.3 Å². The van der Waals surface area contributed by atoms with Crippen LogP contribution in [-0.2, 0) is 0 Å². The molecule has 2 aromatic rings. The predicted molar refractivity (Wildman–Crippen MR) is 87.3 cm³/mol. The zero-order valence-corrected chi connectivity index (χ0v) is 12.9. The van der Waals surface area contributed by atoms with Crippen LogP contribution in [0.5, 0.6) is 17.2 Å². The highest BCUT2D eigenvalue weighted by molar-refractivity contribution is 5.95. The summed E-state index contributed by atoms with van der Waals surface area (Å²) in [6.07, 6.45) is 1.51. The van der Waals surface area contributed by atoms with E-state index >= 15 is 0 Å². The maximum atomic E-state index is 12.0. The molecule has 0 aliphatic carbocycles. The van der Waals surface area contributed by atoms with Gasteiger partial charge >= 0.3 is 0 Å². The van der Waals surface area contributed by atoms with Crippen molar-refractivity contribution in [1.82, 2.24) is 5.43 Å². The largest absolute Gasteiger partial charge is 0.504 e. The van der Waals surface area contributed by atoms with Crippen LogP contribution in [0.3, 0.4) is 0 Å². The molecule has 2 rings (SSSR count). The summed E-state index contributed by atoms with van der Waals surface area (Å²) in [5, 5.41) is 13.5. The van der Waals surface area contributed by atoms with Crippen LogP contribution in [0.1, 0.15) is 22.8 Å². The molecule has 0 radical (unpaired) electrons. The minimum absolute atomic E-state index is 0.0295. The van der Waals surface area contributed by atoms with Crippen molar-refractivity contribution in [1.29, 1.82) is 0 Å². The van der Waals surface area contributed by atoms with Crippen LogP contribution >= 0.6 is 0 Å². The molecule has 6 nitrogen and oxygen atoms in total. The maximum absolute atomic E-state index is 12.0. The number of rotatable bonds is 6. The third-order valence-corrected chi connectivity index (χ3v) is 3.03. The summed E-state index contributed by atoms with van der Waals surface area (Å²) >= 11 is 0. The summed E-state index contributed by atoms with van der Waals surface area (Å²) in [5.74, 6) is 0.481. The molecule has 0 aliphatic rings. The second-order valence-electron chi connectivity index (χ2n) is 4.56. The van der Waals surface area contributed by atoms with E-state index in [0.717, 1.165) is 5.56 Å². The van der Waals surface area contributed by atoms with Crippen molar-refractivity contribution < 1.29 is 19.4 Å². The van der Waals surface area contributed by atoms with Crippen molar-refractivity contribution >= 4 is 12.1 Å². The first-order chi connectivity index (χ1) is 11.2. The van der Waals surface area contributed by atoms with Crippen LogP contribution in [0.4, 0.5) is 0 Å². The molecule has 0 heterocycles. The van der Waals surface area contributed by atoms with Gasteiger partial charge in [-0.1, -0.05) is 12.1 Å². The van der Waals surface area contributed by atoms with E-state index < -0.39 is 5.91 Å². The summed E-state index contributed by atoms with van der Waals surface area (Å²) in [7, 11) is 1.42. The summed E-state index contributed by atoms with van der Waals surface area (Å²) in [5.41, 5.74) is 3.52. The van der Waals surface area contributed by atoms with Crippen molar-refractivity contribution in [2.75, 3.05) is 13.7 Å². The Morgan fingerprint density at radius 3 is 2.78 bits per heavy atom. The summed E-state index contributed by atoms with van der Waals surface area (Å²) in [4.78, 5) is 12.0. The van der Waals surface area contributed by atoms with E-state index in [2.05, 4.69) is 10.5 Å². The van der Waals surface area contributed by atoms with Gasteiger partial charge in [0.15, 0.2) is 11.5 Å². The zero-order chi connectivity index (χ0) is 16.7. The van der Waals surface area contributed by atoms with Crippen LogP contribution in [0, 0.1) is 0 Å². The lowest BCUT2D eigenvalue weighted by Gasteiger charge is -2.06. The number of nitrogens with zero attached hydrogens (tertiary/aromatic N) is 1. The van der Waals surface area contributed by atoms with Crippen LogP contribution < -0.4 is 14.9 Å². The van der Waals surface area contributed by atoms with Gasteiger partial charge in [0.05, 0.1) is 19.9 Å². The highest BCUT2D eigenvalue weighted by Gasteiger charge is 2.09. The number of methoxy groups -OCH3 is 1. The molecule has 6 heteroatoms. The molecule has 1 amide bonds. The summed E-state index contributed by atoms with van der Waals surface area (Å²) < 4.78 is 10.4. The maximum Gasteiger partial charge on any atom is 0.271 e. The van der Waals surface area contributed by atoms with Gasteiger partial charge in [-0.15, -0.1) is 0 Å². The Kier molecular flexibility index (Phi) is 5.57. The Balaban J connectivity index is 2.07. The number of hydrazone groups is 1. The first-order valence-corrected chi connectivity index (χ1v) is 7.08. The molecule has 0 fully saturated rings. The molecule has 0 bridgehead atoms. The number of carbonyl (C=O) groups excluding carboxylic acids is 1. The van der Waals surface area contributed by atoms with E-state index in [9.17, 15) is 9.90 Å². The molecular formula is C17H18N2O4. The number of phenolic OH excluding ortho intramolecular Hbond substituents is 1. The van der Waals surface area contributed by atoms with E-state index in [1.54, 1.807) is 0 Å². The monoisotopic (exact) mass is 314 g/mol. The summed E-state index contributed by atoms with van der Waals surface area (Å²) in [6, 6.07) is 11.7. The normalized spacial score (nSPS) is 10.5. The molecule has 23 heavy (non-hydrogen) atoms. The standard InChI is InChI=1S/C17H18N2O4/c1-3-23-15-7-5-4-6-13(15)11-18-19-17(21)12-8-9-14(20)16(10-12)22-2/h4-11,20H,3H2,1-2H3,(H,19,21). The van der Waals surface area contributed by atoms with Crippen molar-refractivity contribution in [3.63, 3.8) is 0 Å². The van der Waals surface area contributed by atoms with E-state index in [1.807, 2.05) is 31.2 Å². The number of aromatic hydroxyl groups is 1. The van der Waals surface area contributed by atoms with Gasteiger partial charge in [0.1, 0.15) is 5.75 Å². The zero-order valence-electron chi connectivity index (χ0n) is 12.9. The SMILES string of the molecule is CCOc1ccccc1C=NNC(=O)c1ccc(O)c(OC)c1. The highest BCUT2D eigenvalue weighted by Crippen LogP contribution is 2.26. The number of hydrogen-bond acceptors (Lipinski definition) is 5. The number of ether oxygens (including phenoxy) is 2. The van der Waals surface area contributed by atoms with E-state index in [0.29, 0.717) is 17.9 Å². The molecule has 0 unspecified atom stereocenters. The fourth-order valence-electron chi connectivity index (χ4n) is 1.92. The van der Waals surface area contributed by atoms with Crippen LogP contribution in [-0.4, -0.2) is 30.9 Å². The van der Waals surface area contributed by atoms with E-state index in [4.69, 9.17) is 9.47 Å². The minimum atomic E-state index is -0.409. The molecule has 0 saturated heterocycles. The quantitative estimate of drug-likeness (QED) is 0.634. The van der Waals surface area contributed by atoms with E-state index in [-0.39, 0.29) is 11.5 Å². The van der Waals surface area contributed by atoms with Crippen LogP contribution in [0.15, 0.2) is 47.6 Å². The fraction of sp³-hybridized carbons (Fsp3) is 0.176. The Bertz CT molecular complexity index is 713. The second kappa shape index (κ2) is 7.84. The van der Waals surface area contributed by atoms with Gasteiger partial charge in [0.25, 0.3) is 5.91 Å². The minimum Gasteiger partial charge on any atom is -0.504 e. The molecule has 0 atom stereocenters. The lowest BCUT2D eigenvalue weighted by atomic mass is 10.2. The molecule has 0 aliphatic heterocycles. The van der Waals surface area contributed by atoms with Gasteiger partial charge in [0.2, 0.25) is 0 Å². The Morgan fingerprint density at radius 1 is 1.26 bits per heavy atom. The second-order valence-corrected chi connectivity index (χ2v) is 4.56. The number of benzene rings is 2. The smallest absolute Gasteiger partial charge is 0.271 e. The Hall–Kier alpha value is -3.02. The van der Waals surface area contributed by atoms with Gasteiger partial charge in [0, 0.05) is 11.1 Å². The molecule has 2 aromatic carbocycles. The average molecular weight is 314 g/mol. The third-order valence-electron chi connectivity index (χ3n) is 3.03. The lowest BCUT2D eigenvalue weighted by Crippen LogP contribution is -2.17. The number of amides is 1. The lowest BCUT2D eigenvalue weighted by molar-refractivity contribution is 0.0954. The number of phenols is 1. The summed E-state index contributed by atoms with van der Waals surface area (Å²) in [6.45, 7) is 2.44. The van der Waals surface area contributed by atoms with E-state index in [1.165, 1.54) is 31.5 Å². The molecule has 120 valence electrons.